The molecule has 3 rings (SSSR count). The maximum Gasteiger partial charge on any atom is 0.344 e. The van der Waals surface area contributed by atoms with Gasteiger partial charge in [-0.25, -0.2) is 9.78 Å². The van der Waals surface area contributed by atoms with Crippen LogP contribution in [-0.4, -0.2) is 26.7 Å². The maximum absolute atomic E-state index is 12.9. The lowest BCUT2D eigenvalue weighted by Crippen LogP contribution is -2.25. The Kier molecular flexibility index (Phi) is 6.67. The highest BCUT2D eigenvalue weighted by Crippen LogP contribution is 2.31. The number of carbonyl (C=O) groups excluding carboxylic acids is 1. The Morgan fingerprint density at radius 3 is 2.48 bits per heavy atom. The summed E-state index contributed by atoms with van der Waals surface area (Å²) in [5.74, 6) is -0.682. The predicted molar refractivity (Wildman–Crippen MR) is 114 cm³/mol. The number of halogens is 3. The lowest BCUT2D eigenvalue weighted by atomic mass is 10.0. The molecular formula is C20H18Cl3N3O3. The van der Waals surface area contributed by atoms with Crippen molar-refractivity contribution in [1.82, 2.24) is 14.1 Å². The zero-order valence-electron chi connectivity index (χ0n) is 15.8. The molecule has 0 radical (unpaired) electrons. The summed E-state index contributed by atoms with van der Waals surface area (Å²) < 4.78 is 8.77. The van der Waals surface area contributed by atoms with Gasteiger partial charge in [-0.1, -0.05) is 40.9 Å². The zero-order valence-corrected chi connectivity index (χ0v) is 18.1. The summed E-state index contributed by atoms with van der Waals surface area (Å²) in [4.78, 5) is 29.6. The number of hydrogen-bond acceptors (Lipinski definition) is 4. The van der Waals surface area contributed by atoms with E-state index in [1.54, 1.807) is 42.2 Å². The van der Waals surface area contributed by atoms with E-state index in [9.17, 15) is 9.59 Å². The van der Waals surface area contributed by atoms with Gasteiger partial charge in [0.2, 0.25) is 0 Å². The van der Waals surface area contributed by atoms with Crippen LogP contribution in [0.3, 0.4) is 0 Å². The molecule has 0 bridgehead atoms. The highest BCUT2D eigenvalue weighted by molar-refractivity contribution is 6.42. The molecule has 0 saturated carbocycles. The largest absolute Gasteiger partial charge is 0.462 e. The van der Waals surface area contributed by atoms with E-state index in [4.69, 9.17) is 39.5 Å². The minimum absolute atomic E-state index is 0.0421. The van der Waals surface area contributed by atoms with Crippen LogP contribution in [0.1, 0.15) is 29.9 Å². The third-order valence-electron chi connectivity index (χ3n) is 4.33. The quantitative estimate of drug-likeness (QED) is 0.496. The Bertz CT molecular complexity index is 1120. The number of benzene rings is 1. The van der Waals surface area contributed by atoms with Crippen molar-refractivity contribution in [2.75, 3.05) is 6.61 Å². The summed E-state index contributed by atoms with van der Waals surface area (Å²) in [5, 5.41) is 1.05. The second-order valence-corrected chi connectivity index (χ2v) is 7.39. The van der Waals surface area contributed by atoms with E-state index < -0.39 is 11.4 Å². The van der Waals surface area contributed by atoms with Crippen molar-refractivity contribution < 1.29 is 9.53 Å². The van der Waals surface area contributed by atoms with Gasteiger partial charge in [0.1, 0.15) is 10.7 Å². The molecule has 3 aromatic rings. The number of ether oxygens (including phenoxy) is 1. The molecule has 152 valence electrons. The molecule has 2 aromatic heterocycles. The van der Waals surface area contributed by atoms with Crippen LogP contribution < -0.4 is 5.43 Å². The molecule has 6 nitrogen and oxygen atoms in total. The Morgan fingerprint density at radius 1 is 1.14 bits per heavy atom. The second kappa shape index (κ2) is 9.03. The van der Waals surface area contributed by atoms with E-state index in [0.717, 1.165) is 0 Å². The van der Waals surface area contributed by atoms with Crippen molar-refractivity contribution in [2.24, 2.45) is 0 Å². The Morgan fingerprint density at radius 2 is 1.90 bits per heavy atom. The number of esters is 1. The number of imidazole rings is 1. The minimum atomic E-state index is -0.682. The predicted octanol–water partition coefficient (Wildman–Crippen LogP) is 4.92. The fourth-order valence-corrected chi connectivity index (χ4v) is 3.61. The standard InChI is InChI=1S/C20H18Cl3N3O3/c1-3-26-13(9-25-10-17(23)24-11-25)8-16(27)18(20(28)29-4-2)19(26)12-5-6-14(21)15(22)7-12/h5-8,10-11H,3-4,9H2,1-2H3. The molecule has 0 N–H and O–H groups in total. The van der Waals surface area contributed by atoms with Crippen LogP contribution in [0.2, 0.25) is 15.2 Å². The number of hydrogen-bond donors (Lipinski definition) is 0. The topological polar surface area (TPSA) is 66.1 Å². The maximum atomic E-state index is 12.9. The van der Waals surface area contributed by atoms with Crippen LogP contribution in [-0.2, 0) is 17.8 Å². The summed E-state index contributed by atoms with van der Waals surface area (Å²) in [6, 6.07) is 6.41. The van der Waals surface area contributed by atoms with Gasteiger partial charge in [0.25, 0.3) is 0 Å². The Balaban J connectivity index is 2.28. The lowest BCUT2D eigenvalue weighted by Gasteiger charge is -2.21. The van der Waals surface area contributed by atoms with Gasteiger partial charge in [-0.15, -0.1) is 0 Å². The SMILES string of the molecule is CCOC(=O)c1c(-c2ccc(Cl)c(Cl)c2)n(CC)c(Cn2cnc(Cl)c2)cc1=O. The first-order chi connectivity index (χ1) is 13.8. The van der Waals surface area contributed by atoms with E-state index in [1.165, 1.54) is 6.07 Å². The number of rotatable bonds is 6. The van der Waals surface area contributed by atoms with Crippen LogP contribution in [0, 0.1) is 0 Å². The van der Waals surface area contributed by atoms with Crippen molar-refractivity contribution in [1.29, 1.82) is 0 Å². The fraction of sp³-hybridized carbons (Fsp3) is 0.250. The molecule has 0 aliphatic carbocycles. The third-order valence-corrected chi connectivity index (χ3v) is 5.27. The van der Waals surface area contributed by atoms with E-state index in [-0.39, 0.29) is 12.2 Å². The van der Waals surface area contributed by atoms with Gasteiger partial charge < -0.3 is 13.9 Å². The molecule has 9 heteroatoms. The Labute approximate surface area is 182 Å². The van der Waals surface area contributed by atoms with Gasteiger partial charge in [0, 0.05) is 30.1 Å². The summed E-state index contributed by atoms with van der Waals surface area (Å²) in [5.41, 5.74) is 1.22. The molecule has 0 amide bonds. The summed E-state index contributed by atoms with van der Waals surface area (Å²) in [6.07, 6.45) is 3.23. The minimum Gasteiger partial charge on any atom is -0.462 e. The monoisotopic (exact) mass is 453 g/mol. The van der Waals surface area contributed by atoms with E-state index in [0.29, 0.717) is 45.2 Å². The van der Waals surface area contributed by atoms with E-state index in [2.05, 4.69) is 4.98 Å². The number of pyridine rings is 1. The summed E-state index contributed by atoms with van der Waals surface area (Å²) >= 11 is 18.2. The van der Waals surface area contributed by atoms with Gasteiger partial charge >= 0.3 is 5.97 Å². The van der Waals surface area contributed by atoms with Crippen LogP contribution in [0.5, 0.6) is 0 Å². The number of aromatic nitrogens is 3. The summed E-state index contributed by atoms with van der Waals surface area (Å²) in [6.45, 7) is 4.61. The van der Waals surface area contributed by atoms with Gasteiger partial charge in [-0.2, -0.15) is 0 Å². The van der Waals surface area contributed by atoms with Gasteiger partial charge in [0.15, 0.2) is 5.43 Å². The molecule has 29 heavy (non-hydrogen) atoms. The molecule has 0 aliphatic rings. The van der Waals surface area contributed by atoms with Crippen molar-refractivity contribution in [2.45, 2.75) is 26.9 Å². The first-order valence-electron chi connectivity index (χ1n) is 8.92. The lowest BCUT2D eigenvalue weighted by molar-refractivity contribution is 0.0525. The van der Waals surface area contributed by atoms with E-state index >= 15 is 0 Å². The molecule has 0 unspecified atom stereocenters. The molecule has 0 saturated heterocycles. The van der Waals surface area contributed by atoms with Gasteiger partial charge in [-0.3, -0.25) is 4.79 Å². The molecule has 0 atom stereocenters. The smallest absolute Gasteiger partial charge is 0.344 e. The third kappa shape index (κ3) is 4.50. The molecule has 0 aliphatic heterocycles. The first-order valence-corrected chi connectivity index (χ1v) is 10.1. The van der Waals surface area contributed by atoms with Gasteiger partial charge in [0.05, 0.1) is 35.2 Å². The fourth-order valence-electron chi connectivity index (χ4n) is 3.14. The molecule has 2 heterocycles. The molecule has 1 aromatic carbocycles. The zero-order chi connectivity index (χ0) is 21.1. The summed E-state index contributed by atoms with van der Waals surface area (Å²) in [7, 11) is 0. The van der Waals surface area contributed by atoms with Crippen LogP contribution in [0.15, 0.2) is 41.6 Å². The highest BCUT2D eigenvalue weighted by atomic mass is 35.5. The highest BCUT2D eigenvalue weighted by Gasteiger charge is 2.23. The number of carbonyl (C=O) groups is 1. The molecule has 0 fully saturated rings. The van der Waals surface area contributed by atoms with Crippen molar-refractivity contribution in [3.05, 3.63) is 73.5 Å². The average Bonchev–Trinajstić information content (AvgIpc) is 3.08. The number of nitrogens with zero attached hydrogens (tertiary/aromatic N) is 3. The van der Waals surface area contributed by atoms with Crippen LogP contribution in [0.4, 0.5) is 0 Å². The van der Waals surface area contributed by atoms with E-state index in [1.807, 2.05) is 11.5 Å². The van der Waals surface area contributed by atoms with Crippen LogP contribution in [0.25, 0.3) is 11.3 Å². The van der Waals surface area contributed by atoms with Crippen molar-refractivity contribution in [3.63, 3.8) is 0 Å². The molecule has 0 spiro atoms. The molecular weight excluding hydrogens is 437 g/mol. The van der Waals surface area contributed by atoms with Crippen molar-refractivity contribution in [3.8, 4) is 11.3 Å². The average molecular weight is 455 g/mol. The van der Waals surface area contributed by atoms with Gasteiger partial charge in [-0.05, 0) is 26.0 Å². The second-order valence-electron chi connectivity index (χ2n) is 6.19. The van der Waals surface area contributed by atoms with Crippen molar-refractivity contribution >= 4 is 40.8 Å². The normalized spacial score (nSPS) is 10.9. The van der Waals surface area contributed by atoms with Crippen LogP contribution >= 0.6 is 34.8 Å². The first kappa shape index (κ1) is 21.4. The Hall–Kier alpha value is -2.28.